The topological polar surface area (TPSA) is 92.2 Å². The number of rotatable bonds is 7. The molecule has 0 unspecified atom stereocenters. The summed E-state index contributed by atoms with van der Waals surface area (Å²) in [5, 5.41) is 12.3. The third kappa shape index (κ3) is 5.06. The molecule has 1 atom stereocenters. The number of carbonyl (C=O) groups excluding carboxylic acids is 1. The molecule has 0 radical (unpaired) electrons. The largest absolute Gasteiger partial charge is 0.481 e. The Labute approximate surface area is 204 Å². The number of benzene rings is 3. The van der Waals surface area contributed by atoms with Gasteiger partial charge in [-0.05, 0) is 61.4 Å². The SMILES string of the molecule is O=C(O)CCCc1nc2cc(C(=O)N[C@@H]3CCCc4ccccc43)ccc2nc1-c1ccccc1. The molecule has 176 valence electrons. The number of amides is 1. The normalized spacial score (nSPS) is 14.9. The second-order valence-corrected chi connectivity index (χ2v) is 8.95. The molecule has 0 fully saturated rings. The van der Waals surface area contributed by atoms with Gasteiger partial charge in [-0.3, -0.25) is 9.59 Å². The Hall–Kier alpha value is -4.06. The molecule has 6 heteroatoms. The summed E-state index contributed by atoms with van der Waals surface area (Å²) in [5.41, 5.74) is 6.79. The molecule has 0 bridgehead atoms. The molecule has 2 N–H and O–H groups in total. The molecule has 1 amide bonds. The summed E-state index contributed by atoms with van der Waals surface area (Å²) in [6.45, 7) is 0. The van der Waals surface area contributed by atoms with Gasteiger partial charge in [0.2, 0.25) is 0 Å². The highest BCUT2D eigenvalue weighted by Crippen LogP contribution is 2.30. The third-order valence-corrected chi connectivity index (χ3v) is 6.52. The van der Waals surface area contributed by atoms with Gasteiger partial charge < -0.3 is 10.4 Å². The standard InChI is InChI=1S/C29H27N3O3/c33-27(34)15-7-14-25-28(20-9-2-1-3-10-20)31-24-17-16-21(18-26(24)30-25)29(35)32-23-13-6-11-19-8-4-5-12-22(19)23/h1-5,8-10,12,16-18,23H,6-7,11,13-15H2,(H,32,35)(H,33,34)/t23-/m1/s1. The van der Waals surface area contributed by atoms with Crippen molar-refractivity contribution in [2.75, 3.05) is 0 Å². The van der Waals surface area contributed by atoms with Gasteiger partial charge in [0.1, 0.15) is 0 Å². The fourth-order valence-corrected chi connectivity index (χ4v) is 4.79. The molecule has 5 rings (SSSR count). The number of hydrogen-bond acceptors (Lipinski definition) is 4. The average molecular weight is 466 g/mol. The van der Waals surface area contributed by atoms with Crippen LogP contribution in [-0.2, 0) is 17.6 Å². The van der Waals surface area contributed by atoms with Crippen molar-refractivity contribution in [2.45, 2.75) is 44.6 Å². The van der Waals surface area contributed by atoms with E-state index in [1.807, 2.05) is 48.5 Å². The first kappa shape index (κ1) is 22.7. The van der Waals surface area contributed by atoms with Crippen LogP contribution < -0.4 is 5.32 Å². The van der Waals surface area contributed by atoms with Crippen molar-refractivity contribution >= 4 is 22.9 Å². The number of aromatic nitrogens is 2. The maximum atomic E-state index is 13.2. The average Bonchev–Trinajstić information content (AvgIpc) is 2.88. The zero-order valence-corrected chi connectivity index (χ0v) is 19.4. The minimum absolute atomic E-state index is 0.00117. The van der Waals surface area contributed by atoms with Crippen LogP contribution >= 0.6 is 0 Å². The molecule has 3 aromatic carbocycles. The van der Waals surface area contributed by atoms with E-state index in [0.29, 0.717) is 29.4 Å². The fraction of sp³-hybridized carbons (Fsp3) is 0.241. The molecular weight excluding hydrogens is 438 g/mol. The Bertz CT molecular complexity index is 1380. The lowest BCUT2D eigenvalue weighted by Crippen LogP contribution is -2.31. The quantitative estimate of drug-likeness (QED) is 0.375. The molecular formula is C29H27N3O3. The van der Waals surface area contributed by atoms with Crippen molar-refractivity contribution in [1.82, 2.24) is 15.3 Å². The van der Waals surface area contributed by atoms with Gasteiger partial charge in [0, 0.05) is 17.5 Å². The molecule has 4 aromatic rings. The van der Waals surface area contributed by atoms with Gasteiger partial charge in [-0.15, -0.1) is 0 Å². The zero-order chi connectivity index (χ0) is 24.2. The molecule has 1 aromatic heterocycles. The van der Waals surface area contributed by atoms with Crippen LogP contribution in [0.2, 0.25) is 0 Å². The molecule has 1 aliphatic rings. The van der Waals surface area contributed by atoms with Gasteiger partial charge in [-0.2, -0.15) is 0 Å². The van der Waals surface area contributed by atoms with E-state index < -0.39 is 5.97 Å². The Kier molecular flexibility index (Phi) is 6.53. The van der Waals surface area contributed by atoms with Crippen molar-refractivity contribution in [3.05, 3.63) is 95.2 Å². The minimum atomic E-state index is -0.830. The summed E-state index contributed by atoms with van der Waals surface area (Å²) in [5.74, 6) is -0.960. The van der Waals surface area contributed by atoms with E-state index in [9.17, 15) is 9.59 Å². The number of carboxylic acid groups (broad SMARTS) is 1. The fourth-order valence-electron chi connectivity index (χ4n) is 4.79. The van der Waals surface area contributed by atoms with Crippen LogP contribution in [0.15, 0.2) is 72.8 Å². The van der Waals surface area contributed by atoms with Crippen LogP contribution in [0.25, 0.3) is 22.3 Å². The van der Waals surface area contributed by atoms with Gasteiger partial charge in [0.05, 0.1) is 28.5 Å². The number of carbonyl (C=O) groups is 2. The number of aryl methyl sites for hydroxylation is 2. The molecule has 0 saturated heterocycles. The number of carboxylic acids is 1. The maximum Gasteiger partial charge on any atom is 0.303 e. The number of nitrogens with one attached hydrogen (secondary N) is 1. The Morgan fingerprint density at radius 3 is 2.57 bits per heavy atom. The lowest BCUT2D eigenvalue weighted by molar-refractivity contribution is -0.137. The van der Waals surface area contributed by atoms with Crippen LogP contribution in [0, 0.1) is 0 Å². The van der Waals surface area contributed by atoms with Crippen LogP contribution in [0.3, 0.4) is 0 Å². The highest BCUT2D eigenvalue weighted by molar-refractivity contribution is 5.97. The smallest absolute Gasteiger partial charge is 0.303 e. The van der Waals surface area contributed by atoms with Gasteiger partial charge in [-0.25, -0.2) is 9.97 Å². The molecule has 35 heavy (non-hydrogen) atoms. The molecule has 1 aliphatic carbocycles. The van der Waals surface area contributed by atoms with Crippen molar-refractivity contribution < 1.29 is 14.7 Å². The maximum absolute atomic E-state index is 13.2. The molecule has 0 aliphatic heterocycles. The molecule has 0 spiro atoms. The first-order valence-corrected chi connectivity index (χ1v) is 12.0. The minimum Gasteiger partial charge on any atom is -0.481 e. The summed E-state index contributed by atoms with van der Waals surface area (Å²) in [4.78, 5) is 33.9. The van der Waals surface area contributed by atoms with E-state index in [1.54, 1.807) is 12.1 Å². The number of nitrogens with zero attached hydrogens (tertiary/aromatic N) is 2. The summed E-state index contributed by atoms with van der Waals surface area (Å²) < 4.78 is 0. The van der Waals surface area contributed by atoms with E-state index in [4.69, 9.17) is 15.1 Å². The van der Waals surface area contributed by atoms with E-state index in [2.05, 4.69) is 17.4 Å². The van der Waals surface area contributed by atoms with E-state index in [1.165, 1.54) is 11.1 Å². The van der Waals surface area contributed by atoms with Crippen molar-refractivity contribution in [3.8, 4) is 11.3 Å². The van der Waals surface area contributed by atoms with Crippen LogP contribution in [0.5, 0.6) is 0 Å². The number of hydrogen-bond donors (Lipinski definition) is 2. The van der Waals surface area contributed by atoms with Crippen molar-refractivity contribution in [3.63, 3.8) is 0 Å². The molecule has 0 saturated carbocycles. The van der Waals surface area contributed by atoms with Crippen molar-refractivity contribution in [1.29, 1.82) is 0 Å². The zero-order valence-electron chi connectivity index (χ0n) is 19.4. The predicted octanol–water partition coefficient (Wildman–Crippen LogP) is 5.51. The monoisotopic (exact) mass is 465 g/mol. The summed E-state index contributed by atoms with van der Waals surface area (Å²) in [7, 11) is 0. The van der Waals surface area contributed by atoms with Gasteiger partial charge in [0.25, 0.3) is 5.91 Å². The van der Waals surface area contributed by atoms with Crippen LogP contribution in [-0.4, -0.2) is 27.0 Å². The first-order valence-electron chi connectivity index (χ1n) is 12.0. The lowest BCUT2D eigenvalue weighted by atomic mass is 9.87. The highest BCUT2D eigenvalue weighted by Gasteiger charge is 2.22. The van der Waals surface area contributed by atoms with Gasteiger partial charge in [-0.1, -0.05) is 54.6 Å². The molecule has 1 heterocycles. The van der Waals surface area contributed by atoms with Gasteiger partial charge in [0.15, 0.2) is 0 Å². The van der Waals surface area contributed by atoms with Crippen LogP contribution in [0.4, 0.5) is 0 Å². The van der Waals surface area contributed by atoms with E-state index >= 15 is 0 Å². The van der Waals surface area contributed by atoms with Gasteiger partial charge >= 0.3 is 5.97 Å². The molecule has 6 nitrogen and oxygen atoms in total. The summed E-state index contributed by atoms with van der Waals surface area (Å²) in [6.07, 6.45) is 4.05. The van der Waals surface area contributed by atoms with Crippen LogP contribution in [0.1, 0.15) is 58.9 Å². The lowest BCUT2D eigenvalue weighted by Gasteiger charge is -2.26. The second kappa shape index (κ2) is 10.1. The third-order valence-electron chi connectivity index (χ3n) is 6.52. The first-order chi connectivity index (χ1) is 17.1. The number of fused-ring (bicyclic) bond motifs is 2. The number of aliphatic carboxylic acids is 1. The van der Waals surface area contributed by atoms with Crippen molar-refractivity contribution in [2.24, 2.45) is 0 Å². The van der Waals surface area contributed by atoms with E-state index in [0.717, 1.165) is 36.2 Å². The second-order valence-electron chi connectivity index (χ2n) is 8.95. The summed E-state index contributed by atoms with van der Waals surface area (Å²) >= 11 is 0. The Balaban J connectivity index is 1.45. The van der Waals surface area contributed by atoms with E-state index in [-0.39, 0.29) is 18.4 Å². The predicted molar refractivity (Wildman–Crippen MR) is 135 cm³/mol. The highest BCUT2D eigenvalue weighted by atomic mass is 16.4. The summed E-state index contributed by atoms with van der Waals surface area (Å²) in [6, 6.07) is 23.5. The Morgan fingerprint density at radius 2 is 1.74 bits per heavy atom. The Morgan fingerprint density at radius 1 is 0.943 bits per heavy atom.